The number of hydrogen-bond donors (Lipinski definition) is 0. The summed E-state index contributed by atoms with van der Waals surface area (Å²) in [5, 5.41) is 7.72. The van der Waals surface area contributed by atoms with Crippen LogP contribution in [0.4, 0.5) is 0 Å². The summed E-state index contributed by atoms with van der Waals surface area (Å²) in [5.41, 5.74) is 9.85. The molecule has 45 heavy (non-hydrogen) atoms. The van der Waals surface area contributed by atoms with E-state index in [1.165, 1.54) is 86.3 Å². The Morgan fingerprint density at radius 2 is 0.911 bits per heavy atom. The zero-order valence-electron chi connectivity index (χ0n) is 24.3. The first-order chi connectivity index (χ1) is 22.4. The van der Waals surface area contributed by atoms with Gasteiger partial charge in [-0.05, 0) is 48.5 Å². The second-order valence-corrected chi connectivity index (χ2v) is 12.8. The van der Waals surface area contributed by atoms with Crippen LogP contribution in [-0.2, 0) is 0 Å². The van der Waals surface area contributed by atoms with E-state index >= 15 is 0 Å². The first-order valence-electron chi connectivity index (χ1n) is 15.4. The van der Waals surface area contributed by atoms with E-state index in [0.717, 1.165) is 0 Å². The topological polar surface area (TPSA) is 9.86 Å². The third-order valence-electron chi connectivity index (χ3n) is 9.29. The van der Waals surface area contributed by atoms with Gasteiger partial charge in [0, 0.05) is 64.2 Å². The van der Waals surface area contributed by atoms with Crippen molar-refractivity contribution in [2.45, 2.75) is 0 Å². The molecule has 0 atom stereocenters. The first kappa shape index (κ1) is 24.8. The van der Waals surface area contributed by atoms with Gasteiger partial charge in [0.2, 0.25) is 0 Å². The van der Waals surface area contributed by atoms with Gasteiger partial charge in [0.1, 0.15) is 0 Å². The van der Waals surface area contributed by atoms with Gasteiger partial charge in [0.05, 0.1) is 22.1 Å². The Bertz CT molecular complexity index is 2740. The van der Waals surface area contributed by atoms with E-state index in [2.05, 4.69) is 167 Å². The maximum atomic E-state index is 2.47. The maximum Gasteiger partial charge on any atom is 0.0634 e. The fourth-order valence-electron chi connectivity index (χ4n) is 7.46. The molecule has 0 spiro atoms. The molecule has 3 heterocycles. The zero-order chi connectivity index (χ0) is 29.5. The molecule has 0 aliphatic rings. The number of nitrogens with zero attached hydrogens (tertiary/aromatic N) is 2. The largest absolute Gasteiger partial charge is 0.309 e. The van der Waals surface area contributed by atoms with Gasteiger partial charge in [-0.25, -0.2) is 0 Å². The van der Waals surface area contributed by atoms with Crippen molar-refractivity contribution in [1.29, 1.82) is 0 Å². The summed E-state index contributed by atoms with van der Waals surface area (Å²) in [5.74, 6) is 0. The van der Waals surface area contributed by atoms with Crippen molar-refractivity contribution >= 4 is 75.1 Å². The molecule has 0 fully saturated rings. The molecule has 0 aliphatic carbocycles. The molecule has 2 nitrogen and oxygen atoms in total. The molecule has 0 bridgehead atoms. The van der Waals surface area contributed by atoms with E-state index in [4.69, 9.17) is 0 Å². The Morgan fingerprint density at radius 1 is 0.378 bits per heavy atom. The first-order valence-corrected chi connectivity index (χ1v) is 16.2. The van der Waals surface area contributed by atoms with Gasteiger partial charge in [-0.2, -0.15) is 0 Å². The number of hydrogen-bond acceptors (Lipinski definition) is 1. The Labute approximate surface area is 263 Å². The summed E-state index contributed by atoms with van der Waals surface area (Å²) in [4.78, 5) is 0. The average Bonchev–Trinajstić information content (AvgIpc) is 3.77. The summed E-state index contributed by atoms with van der Waals surface area (Å²) in [7, 11) is 0. The van der Waals surface area contributed by atoms with Crippen LogP contribution in [0.25, 0.3) is 86.3 Å². The number of aromatic nitrogens is 2. The van der Waals surface area contributed by atoms with Crippen LogP contribution in [0.2, 0.25) is 0 Å². The lowest BCUT2D eigenvalue weighted by Crippen LogP contribution is -1.96. The van der Waals surface area contributed by atoms with Gasteiger partial charge in [0.25, 0.3) is 0 Å². The van der Waals surface area contributed by atoms with Crippen LogP contribution in [0.1, 0.15) is 0 Å². The molecule has 10 aromatic rings. The van der Waals surface area contributed by atoms with E-state index in [9.17, 15) is 0 Å². The van der Waals surface area contributed by atoms with Crippen molar-refractivity contribution in [1.82, 2.24) is 9.13 Å². The third-order valence-corrected chi connectivity index (χ3v) is 10.5. The number of para-hydroxylation sites is 5. The van der Waals surface area contributed by atoms with Gasteiger partial charge in [0.15, 0.2) is 0 Å². The van der Waals surface area contributed by atoms with Crippen LogP contribution >= 0.6 is 11.3 Å². The van der Waals surface area contributed by atoms with E-state index < -0.39 is 0 Å². The molecule has 210 valence electrons. The lowest BCUT2D eigenvalue weighted by atomic mass is 9.97. The Balaban J connectivity index is 1.44. The summed E-state index contributed by atoms with van der Waals surface area (Å²) in [6, 6.07) is 57.5. The van der Waals surface area contributed by atoms with Crippen molar-refractivity contribution < 1.29 is 0 Å². The molecule has 3 aromatic heterocycles. The molecule has 0 saturated heterocycles. The number of rotatable bonds is 3. The SMILES string of the molecule is c1ccc(-n2c3ccccc3c3cccc(-c4cc5c6ccccc6n(-c6ccccc6)c5c5c4sc4ccccc45)c32)cc1. The van der Waals surface area contributed by atoms with Crippen LogP contribution in [0.5, 0.6) is 0 Å². The van der Waals surface area contributed by atoms with Gasteiger partial charge in [-0.15, -0.1) is 11.3 Å². The van der Waals surface area contributed by atoms with Gasteiger partial charge >= 0.3 is 0 Å². The van der Waals surface area contributed by atoms with E-state index in [1.807, 2.05) is 11.3 Å². The fraction of sp³-hybridized carbons (Fsp3) is 0. The summed E-state index contributed by atoms with van der Waals surface area (Å²) < 4.78 is 7.55. The maximum absolute atomic E-state index is 2.47. The normalized spacial score (nSPS) is 12.0. The molecule has 0 N–H and O–H groups in total. The van der Waals surface area contributed by atoms with Crippen molar-refractivity contribution in [2.75, 3.05) is 0 Å². The Kier molecular flexibility index (Phi) is 5.19. The number of thiophene rings is 1. The molecule has 0 unspecified atom stereocenters. The fourth-order valence-corrected chi connectivity index (χ4v) is 8.70. The average molecular weight is 591 g/mol. The lowest BCUT2D eigenvalue weighted by Gasteiger charge is -2.14. The highest BCUT2D eigenvalue weighted by molar-refractivity contribution is 7.26. The number of fused-ring (bicyclic) bond motifs is 10. The summed E-state index contributed by atoms with van der Waals surface area (Å²) in [6.07, 6.45) is 0. The molecule has 3 heteroatoms. The van der Waals surface area contributed by atoms with Crippen LogP contribution in [-0.4, -0.2) is 9.13 Å². The quantitative estimate of drug-likeness (QED) is 0.194. The molecule has 0 saturated carbocycles. The minimum absolute atomic E-state index is 1.17. The summed E-state index contributed by atoms with van der Waals surface area (Å²) in [6.45, 7) is 0. The van der Waals surface area contributed by atoms with Crippen LogP contribution in [0, 0.1) is 0 Å². The standard InChI is InChI=1S/C42H26N2S/c1-3-14-27(15-4-1)43-36-23-10-7-18-29(36)31-21-13-22-32(40(31)43)35-26-34-30-19-8-11-24-37(30)44(28-16-5-2-6-17-28)41(34)39-33-20-9-12-25-38(33)45-42(35)39/h1-26H. The molecule has 7 aromatic carbocycles. The second kappa shape index (κ2) is 9.43. The second-order valence-electron chi connectivity index (χ2n) is 11.7. The van der Waals surface area contributed by atoms with E-state index in [1.54, 1.807) is 0 Å². The smallest absolute Gasteiger partial charge is 0.0634 e. The highest BCUT2D eigenvalue weighted by Gasteiger charge is 2.23. The van der Waals surface area contributed by atoms with E-state index in [-0.39, 0.29) is 0 Å². The monoisotopic (exact) mass is 590 g/mol. The van der Waals surface area contributed by atoms with Crippen LogP contribution < -0.4 is 0 Å². The van der Waals surface area contributed by atoms with Crippen molar-refractivity contribution in [3.05, 3.63) is 158 Å². The van der Waals surface area contributed by atoms with Gasteiger partial charge in [-0.3, -0.25) is 0 Å². The Hall–Kier alpha value is -5.64. The number of benzene rings is 7. The van der Waals surface area contributed by atoms with Gasteiger partial charge in [-0.1, -0.05) is 109 Å². The van der Waals surface area contributed by atoms with Crippen LogP contribution in [0.15, 0.2) is 158 Å². The molecular weight excluding hydrogens is 565 g/mol. The predicted octanol–water partition coefficient (Wildman–Crippen LogP) is 11.9. The molecule has 0 radical (unpaired) electrons. The molecular formula is C42H26N2S. The Morgan fingerprint density at radius 3 is 1.60 bits per heavy atom. The van der Waals surface area contributed by atoms with Crippen molar-refractivity contribution in [2.24, 2.45) is 0 Å². The van der Waals surface area contributed by atoms with Crippen LogP contribution in [0.3, 0.4) is 0 Å². The lowest BCUT2D eigenvalue weighted by molar-refractivity contribution is 1.18. The highest BCUT2D eigenvalue weighted by atomic mass is 32.1. The highest BCUT2D eigenvalue weighted by Crippen LogP contribution is 2.49. The minimum Gasteiger partial charge on any atom is -0.309 e. The van der Waals surface area contributed by atoms with Crippen molar-refractivity contribution in [3.63, 3.8) is 0 Å². The van der Waals surface area contributed by atoms with Crippen molar-refractivity contribution in [3.8, 4) is 22.5 Å². The van der Waals surface area contributed by atoms with E-state index in [0.29, 0.717) is 0 Å². The molecule has 0 amide bonds. The van der Waals surface area contributed by atoms with Gasteiger partial charge < -0.3 is 9.13 Å². The molecule has 0 aliphatic heterocycles. The third kappa shape index (κ3) is 3.44. The minimum atomic E-state index is 1.17. The predicted molar refractivity (Wildman–Crippen MR) is 193 cm³/mol. The summed E-state index contributed by atoms with van der Waals surface area (Å²) >= 11 is 1.91. The zero-order valence-corrected chi connectivity index (χ0v) is 25.1. The molecule has 10 rings (SSSR count).